The van der Waals surface area contributed by atoms with Crippen LogP contribution >= 0.6 is 0 Å². The Bertz CT molecular complexity index is 225. The molecule has 0 aromatic heterocycles. The van der Waals surface area contributed by atoms with Gasteiger partial charge in [-0.2, -0.15) is 0 Å². The van der Waals surface area contributed by atoms with Gasteiger partial charge in [0.25, 0.3) is 5.91 Å². The first-order valence-corrected chi connectivity index (χ1v) is 4.84. The fourth-order valence-electron chi connectivity index (χ4n) is 1.93. The predicted octanol–water partition coefficient (Wildman–Crippen LogP) is 0.416. The van der Waals surface area contributed by atoms with Gasteiger partial charge in [0.2, 0.25) is 0 Å². The van der Waals surface area contributed by atoms with Gasteiger partial charge in [-0.1, -0.05) is 13.8 Å². The number of carbonyl (C=O) groups excluding carboxylic acids is 1. The molecule has 2 aliphatic rings. The molecule has 0 aromatic carbocycles. The van der Waals surface area contributed by atoms with Crippen molar-refractivity contribution >= 4 is 5.91 Å². The minimum atomic E-state index is -0.507. The van der Waals surface area contributed by atoms with Gasteiger partial charge in [0.05, 0.1) is 0 Å². The molecule has 2 aliphatic heterocycles. The van der Waals surface area contributed by atoms with Crippen LogP contribution in [0.15, 0.2) is 0 Å². The first kappa shape index (κ1) is 8.97. The van der Waals surface area contributed by atoms with Gasteiger partial charge in [0.1, 0.15) is 6.10 Å². The van der Waals surface area contributed by atoms with E-state index in [0.717, 1.165) is 12.8 Å². The van der Waals surface area contributed by atoms with Crippen LogP contribution in [0, 0.1) is 0 Å². The second-order valence-electron chi connectivity index (χ2n) is 3.56. The summed E-state index contributed by atoms with van der Waals surface area (Å²) in [5.74, 6) is -0.540. The Morgan fingerprint density at radius 2 is 2.15 bits per heavy atom. The molecule has 74 valence electrons. The molecular weight excluding hydrogens is 170 g/mol. The Kier molecular flexibility index (Phi) is 2.04. The van der Waals surface area contributed by atoms with Crippen molar-refractivity contribution in [2.45, 2.75) is 44.7 Å². The summed E-state index contributed by atoms with van der Waals surface area (Å²) in [5, 5.41) is 2.72. The second kappa shape index (κ2) is 2.96. The van der Waals surface area contributed by atoms with Crippen LogP contribution < -0.4 is 5.32 Å². The summed E-state index contributed by atoms with van der Waals surface area (Å²) in [4.78, 5) is 11.3. The van der Waals surface area contributed by atoms with Gasteiger partial charge < -0.3 is 14.8 Å². The number of hydrogen-bond donors (Lipinski definition) is 1. The summed E-state index contributed by atoms with van der Waals surface area (Å²) in [6, 6.07) is 0. The quantitative estimate of drug-likeness (QED) is 0.678. The van der Waals surface area contributed by atoms with Crippen LogP contribution in [0.4, 0.5) is 0 Å². The summed E-state index contributed by atoms with van der Waals surface area (Å²) >= 11 is 0. The van der Waals surface area contributed by atoms with Gasteiger partial charge in [-0.25, -0.2) is 0 Å². The Morgan fingerprint density at radius 1 is 1.46 bits per heavy atom. The Balaban J connectivity index is 2.12. The summed E-state index contributed by atoms with van der Waals surface area (Å²) < 4.78 is 11.4. The first-order chi connectivity index (χ1) is 6.21. The zero-order chi connectivity index (χ0) is 9.47. The molecule has 4 nitrogen and oxygen atoms in total. The molecular formula is C9H15NO3. The third kappa shape index (κ3) is 1.25. The van der Waals surface area contributed by atoms with Crippen LogP contribution in [0.1, 0.15) is 26.7 Å². The second-order valence-corrected chi connectivity index (χ2v) is 3.56. The molecule has 2 saturated heterocycles. The fourth-order valence-corrected chi connectivity index (χ4v) is 1.93. The predicted molar refractivity (Wildman–Crippen MR) is 46.1 cm³/mol. The van der Waals surface area contributed by atoms with Gasteiger partial charge in [-0.05, 0) is 12.8 Å². The number of ether oxygens (including phenoxy) is 2. The average molecular weight is 185 g/mol. The minimum Gasteiger partial charge on any atom is -0.351 e. The molecule has 2 heterocycles. The van der Waals surface area contributed by atoms with Crippen molar-refractivity contribution in [2.75, 3.05) is 6.54 Å². The highest BCUT2D eigenvalue weighted by Gasteiger charge is 2.51. The lowest BCUT2D eigenvalue weighted by atomic mass is 10.1. The molecule has 0 aliphatic carbocycles. The van der Waals surface area contributed by atoms with Crippen LogP contribution in [0.5, 0.6) is 0 Å². The van der Waals surface area contributed by atoms with E-state index in [1.54, 1.807) is 0 Å². The molecule has 2 atom stereocenters. The fraction of sp³-hybridized carbons (Fsp3) is 0.889. The van der Waals surface area contributed by atoms with Crippen molar-refractivity contribution in [3.8, 4) is 0 Å². The van der Waals surface area contributed by atoms with Gasteiger partial charge >= 0.3 is 0 Å². The maximum absolute atomic E-state index is 11.3. The van der Waals surface area contributed by atoms with Crippen molar-refractivity contribution in [3.63, 3.8) is 0 Å². The number of amides is 1. The molecule has 1 amide bonds. The molecule has 4 heteroatoms. The maximum Gasteiger partial charge on any atom is 0.252 e. The third-order valence-corrected chi connectivity index (χ3v) is 2.86. The molecule has 1 N–H and O–H groups in total. The standard InChI is InChI=1S/C9H15NO3/c1-3-9(4-2)12-6-5-10-8(11)7(6)13-9/h6-7H,3-5H2,1-2H3,(H,10,11)/t6-,7-/m0/s1. The number of fused-ring (bicyclic) bond motifs is 1. The van der Waals surface area contributed by atoms with E-state index in [0.29, 0.717) is 6.54 Å². The van der Waals surface area contributed by atoms with Crippen LogP contribution in [-0.2, 0) is 14.3 Å². The number of nitrogens with one attached hydrogen (secondary N) is 1. The Morgan fingerprint density at radius 3 is 2.69 bits per heavy atom. The zero-order valence-electron chi connectivity index (χ0n) is 8.00. The molecule has 0 spiro atoms. The molecule has 0 saturated carbocycles. The lowest BCUT2D eigenvalue weighted by molar-refractivity contribution is -0.185. The topological polar surface area (TPSA) is 47.6 Å². The van der Waals surface area contributed by atoms with E-state index in [1.165, 1.54) is 0 Å². The zero-order valence-corrected chi connectivity index (χ0v) is 8.00. The van der Waals surface area contributed by atoms with Crippen molar-refractivity contribution in [1.82, 2.24) is 5.32 Å². The van der Waals surface area contributed by atoms with Gasteiger partial charge in [0.15, 0.2) is 11.9 Å². The van der Waals surface area contributed by atoms with Crippen molar-refractivity contribution < 1.29 is 14.3 Å². The van der Waals surface area contributed by atoms with Crippen molar-refractivity contribution in [3.05, 3.63) is 0 Å². The van der Waals surface area contributed by atoms with Gasteiger partial charge in [-0.15, -0.1) is 0 Å². The SMILES string of the molecule is CCC1(CC)O[C@H]2CNC(=O)[C@H]2O1. The highest BCUT2D eigenvalue weighted by molar-refractivity contribution is 5.84. The lowest BCUT2D eigenvalue weighted by Crippen LogP contribution is -2.34. The molecule has 0 unspecified atom stereocenters. The average Bonchev–Trinajstić information content (AvgIpc) is 2.67. The van der Waals surface area contributed by atoms with E-state index < -0.39 is 5.79 Å². The Labute approximate surface area is 77.6 Å². The van der Waals surface area contributed by atoms with Crippen LogP contribution in [-0.4, -0.2) is 30.4 Å². The highest BCUT2D eigenvalue weighted by atomic mass is 16.8. The lowest BCUT2D eigenvalue weighted by Gasteiger charge is -2.25. The molecule has 0 radical (unpaired) electrons. The summed E-state index contributed by atoms with van der Waals surface area (Å²) in [7, 11) is 0. The van der Waals surface area contributed by atoms with E-state index in [2.05, 4.69) is 5.32 Å². The van der Waals surface area contributed by atoms with E-state index in [1.807, 2.05) is 13.8 Å². The van der Waals surface area contributed by atoms with Crippen molar-refractivity contribution in [1.29, 1.82) is 0 Å². The highest BCUT2D eigenvalue weighted by Crippen LogP contribution is 2.35. The molecule has 13 heavy (non-hydrogen) atoms. The van der Waals surface area contributed by atoms with Crippen LogP contribution in [0.25, 0.3) is 0 Å². The van der Waals surface area contributed by atoms with Gasteiger partial charge in [-0.3, -0.25) is 4.79 Å². The third-order valence-electron chi connectivity index (χ3n) is 2.86. The van der Waals surface area contributed by atoms with E-state index in [9.17, 15) is 4.79 Å². The first-order valence-electron chi connectivity index (χ1n) is 4.84. The van der Waals surface area contributed by atoms with E-state index >= 15 is 0 Å². The molecule has 0 bridgehead atoms. The van der Waals surface area contributed by atoms with E-state index in [-0.39, 0.29) is 18.1 Å². The summed E-state index contributed by atoms with van der Waals surface area (Å²) in [6.07, 6.45) is 1.14. The maximum atomic E-state index is 11.3. The van der Waals surface area contributed by atoms with Crippen LogP contribution in [0.2, 0.25) is 0 Å². The smallest absolute Gasteiger partial charge is 0.252 e. The van der Waals surface area contributed by atoms with Crippen molar-refractivity contribution in [2.24, 2.45) is 0 Å². The molecule has 2 fully saturated rings. The van der Waals surface area contributed by atoms with Gasteiger partial charge in [0, 0.05) is 6.54 Å². The Hall–Kier alpha value is -0.610. The van der Waals surface area contributed by atoms with Crippen LogP contribution in [0.3, 0.4) is 0 Å². The summed E-state index contributed by atoms with van der Waals surface area (Å²) in [6.45, 7) is 4.62. The largest absolute Gasteiger partial charge is 0.351 e. The number of carbonyl (C=O) groups is 1. The minimum absolute atomic E-state index is 0.0335. The number of hydrogen-bond acceptors (Lipinski definition) is 3. The normalized spacial score (nSPS) is 36.0. The summed E-state index contributed by atoms with van der Waals surface area (Å²) in [5.41, 5.74) is 0. The monoisotopic (exact) mass is 185 g/mol. The van der Waals surface area contributed by atoms with E-state index in [4.69, 9.17) is 9.47 Å². The molecule has 2 rings (SSSR count). The number of rotatable bonds is 2. The molecule has 0 aromatic rings.